The lowest BCUT2D eigenvalue weighted by atomic mass is 10.0. The molecule has 2 heterocycles. The van der Waals surface area contributed by atoms with Gasteiger partial charge in [0.15, 0.2) is 0 Å². The molecule has 3 aromatic rings. The molecule has 1 aromatic heterocycles. The summed E-state index contributed by atoms with van der Waals surface area (Å²) in [6.45, 7) is 3.31. The van der Waals surface area contributed by atoms with Gasteiger partial charge in [0, 0.05) is 37.5 Å². The summed E-state index contributed by atoms with van der Waals surface area (Å²) in [4.78, 5) is 18.7. The lowest BCUT2D eigenvalue weighted by Crippen LogP contribution is -2.48. The summed E-state index contributed by atoms with van der Waals surface area (Å²) in [7, 11) is 0. The highest BCUT2D eigenvalue weighted by Gasteiger charge is 2.23. The Balaban J connectivity index is 1.24. The average Bonchev–Trinajstić information content (AvgIpc) is 3.25. The maximum Gasteiger partial charge on any atom is 0.226 e. The molecule has 4 rings (SSSR count). The van der Waals surface area contributed by atoms with Gasteiger partial charge in [-0.25, -0.2) is 8.78 Å². The van der Waals surface area contributed by atoms with Gasteiger partial charge in [0.1, 0.15) is 11.6 Å². The number of anilines is 1. The molecule has 1 fully saturated rings. The Morgan fingerprint density at radius 2 is 2.03 bits per heavy atom. The molecule has 1 amide bonds. The second-order valence-corrected chi connectivity index (χ2v) is 8.18. The van der Waals surface area contributed by atoms with Crippen LogP contribution in [0.4, 0.5) is 14.5 Å². The molecule has 6 nitrogen and oxygen atoms in total. The summed E-state index contributed by atoms with van der Waals surface area (Å²) in [6, 6.07) is 11.0. The van der Waals surface area contributed by atoms with Crippen molar-refractivity contribution in [2.45, 2.75) is 45.1 Å². The van der Waals surface area contributed by atoms with Crippen molar-refractivity contribution in [3.8, 4) is 11.4 Å². The molecule has 0 saturated carbocycles. The molecule has 0 bridgehead atoms. The van der Waals surface area contributed by atoms with Gasteiger partial charge in [-0.05, 0) is 68.1 Å². The van der Waals surface area contributed by atoms with E-state index in [1.165, 1.54) is 18.2 Å². The Bertz CT molecular complexity index is 1070. The molecule has 0 aliphatic carbocycles. The zero-order chi connectivity index (χ0) is 22.5. The lowest BCUT2D eigenvalue weighted by molar-refractivity contribution is -0.121. The Morgan fingerprint density at radius 3 is 2.84 bits per heavy atom. The predicted molar refractivity (Wildman–Crippen MR) is 117 cm³/mol. The van der Waals surface area contributed by atoms with Gasteiger partial charge in [-0.1, -0.05) is 11.2 Å². The summed E-state index contributed by atoms with van der Waals surface area (Å²) >= 11 is 0. The first kappa shape index (κ1) is 21.9. The number of hydrogen-bond donors (Lipinski definition) is 1. The fraction of sp³-hybridized carbons (Fsp3) is 0.375. The highest BCUT2D eigenvalue weighted by Crippen LogP contribution is 2.24. The minimum atomic E-state index is -0.325. The van der Waals surface area contributed by atoms with E-state index in [1.807, 2.05) is 17.9 Å². The molecular weight excluding hydrogens is 414 g/mol. The maximum absolute atomic E-state index is 14.2. The van der Waals surface area contributed by atoms with Crippen LogP contribution in [0, 0.1) is 18.6 Å². The van der Waals surface area contributed by atoms with E-state index in [0.29, 0.717) is 48.8 Å². The van der Waals surface area contributed by atoms with Crippen molar-refractivity contribution in [2.24, 2.45) is 0 Å². The smallest absolute Gasteiger partial charge is 0.226 e. The van der Waals surface area contributed by atoms with Gasteiger partial charge in [-0.15, -0.1) is 0 Å². The van der Waals surface area contributed by atoms with E-state index < -0.39 is 0 Å². The van der Waals surface area contributed by atoms with Crippen LogP contribution in [0.3, 0.4) is 0 Å². The van der Waals surface area contributed by atoms with Crippen LogP contribution < -0.4 is 10.2 Å². The topological polar surface area (TPSA) is 71.3 Å². The van der Waals surface area contributed by atoms with Crippen LogP contribution in [0.1, 0.15) is 37.1 Å². The second kappa shape index (κ2) is 9.89. The third kappa shape index (κ3) is 5.49. The molecule has 0 spiro atoms. The summed E-state index contributed by atoms with van der Waals surface area (Å²) in [5.74, 6) is 0.238. The van der Waals surface area contributed by atoms with Crippen molar-refractivity contribution in [3.05, 3.63) is 65.6 Å². The molecule has 1 N–H and O–H groups in total. The number of nitrogens with one attached hydrogen (secondary N) is 1. The second-order valence-electron chi connectivity index (χ2n) is 8.18. The lowest BCUT2D eigenvalue weighted by Gasteiger charge is -2.35. The SMILES string of the molecule is Cc1ccc(F)c(N2CCCC(NC(=O)CCCc3nc(-c4ccc(F)cc4)no3)C2)c1. The summed E-state index contributed by atoms with van der Waals surface area (Å²) in [6.07, 6.45) is 3.16. The number of rotatable bonds is 7. The molecule has 1 atom stereocenters. The first-order valence-electron chi connectivity index (χ1n) is 10.9. The van der Waals surface area contributed by atoms with Gasteiger partial charge in [-0.3, -0.25) is 4.79 Å². The average molecular weight is 440 g/mol. The van der Waals surface area contributed by atoms with Crippen molar-refractivity contribution in [3.63, 3.8) is 0 Å². The van der Waals surface area contributed by atoms with Crippen molar-refractivity contribution in [1.29, 1.82) is 0 Å². The van der Waals surface area contributed by atoms with Crippen molar-refractivity contribution < 1.29 is 18.1 Å². The number of piperidine rings is 1. The monoisotopic (exact) mass is 440 g/mol. The van der Waals surface area contributed by atoms with Crippen molar-refractivity contribution >= 4 is 11.6 Å². The largest absolute Gasteiger partial charge is 0.367 e. The molecule has 1 unspecified atom stereocenters. The zero-order valence-electron chi connectivity index (χ0n) is 18.0. The van der Waals surface area contributed by atoms with Crippen LogP contribution in [-0.2, 0) is 11.2 Å². The van der Waals surface area contributed by atoms with Crippen LogP contribution in [0.5, 0.6) is 0 Å². The quantitative estimate of drug-likeness (QED) is 0.589. The van der Waals surface area contributed by atoms with E-state index in [-0.39, 0.29) is 23.6 Å². The number of aryl methyl sites for hydroxylation is 2. The number of carbonyl (C=O) groups excluding carboxylic acids is 1. The Hall–Kier alpha value is -3.29. The highest BCUT2D eigenvalue weighted by atomic mass is 19.1. The molecule has 32 heavy (non-hydrogen) atoms. The third-order valence-corrected chi connectivity index (χ3v) is 5.59. The predicted octanol–water partition coefficient (Wildman–Crippen LogP) is 4.43. The molecule has 168 valence electrons. The minimum absolute atomic E-state index is 0.00959. The summed E-state index contributed by atoms with van der Waals surface area (Å²) < 4.78 is 32.5. The van der Waals surface area contributed by atoms with E-state index >= 15 is 0 Å². The molecule has 8 heteroatoms. The fourth-order valence-electron chi connectivity index (χ4n) is 3.95. The number of hydrogen-bond acceptors (Lipinski definition) is 5. The van der Waals surface area contributed by atoms with Crippen LogP contribution in [0.25, 0.3) is 11.4 Å². The van der Waals surface area contributed by atoms with E-state index in [2.05, 4.69) is 15.5 Å². The van der Waals surface area contributed by atoms with Crippen molar-refractivity contribution in [1.82, 2.24) is 15.5 Å². The Kier molecular flexibility index (Phi) is 6.78. The molecular formula is C24H26F2N4O2. The van der Waals surface area contributed by atoms with Crippen LogP contribution in [0.15, 0.2) is 47.0 Å². The van der Waals surface area contributed by atoms with Gasteiger partial charge < -0.3 is 14.7 Å². The van der Waals surface area contributed by atoms with Gasteiger partial charge in [0.2, 0.25) is 17.6 Å². The Morgan fingerprint density at radius 1 is 1.22 bits per heavy atom. The van der Waals surface area contributed by atoms with E-state index in [1.54, 1.807) is 18.2 Å². The van der Waals surface area contributed by atoms with Crippen molar-refractivity contribution in [2.75, 3.05) is 18.0 Å². The number of nitrogens with zero attached hydrogens (tertiary/aromatic N) is 3. The van der Waals surface area contributed by atoms with E-state index in [4.69, 9.17) is 4.52 Å². The first-order chi connectivity index (χ1) is 15.5. The number of halogens is 2. The standard InChI is InChI=1S/C24H26F2N4O2/c1-16-7-12-20(26)21(14-16)30-13-3-4-19(15-30)27-22(31)5-2-6-23-28-24(29-32-23)17-8-10-18(25)11-9-17/h7-12,14,19H,2-6,13,15H2,1H3,(H,27,31). The van der Waals surface area contributed by atoms with Gasteiger partial charge in [-0.2, -0.15) is 4.98 Å². The van der Waals surface area contributed by atoms with Gasteiger partial charge in [0.05, 0.1) is 5.69 Å². The first-order valence-corrected chi connectivity index (χ1v) is 10.9. The highest BCUT2D eigenvalue weighted by molar-refractivity contribution is 5.76. The number of aromatic nitrogens is 2. The molecule has 0 radical (unpaired) electrons. The normalized spacial score (nSPS) is 16.2. The van der Waals surface area contributed by atoms with E-state index in [0.717, 1.165) is 24.9 Å². The maximum atomic E-state index is 14.2. The molecule has 1 saturated heterocycles. The molecule has 1 aliphatic heterocycles. The number of carbonyl (C=O) groups is 1. The fourth-order valence-corrected chi connectivity index (χ4v) is 3.95. The summed E-state index contributed by atoms with van der Waals surface area (Å²) in [5.41, 5.74) is 2.28. The summed E-state index contributed by atoms with van der Waals surface area (Å²) in [5, 5.41) is 6.98. The van der Waals surface area contributed by atoms with Crippen LogP contribution >= 0.6 is 0 Å². The molecule has 1 aliphatic rings. The Labute approximate surface area is 185 Å². The van der Waals surface area contributed by atoms with E-state index in [9.17, 15) is 13.6 Å². The van der Waals surface area contributed by atoms with Gasteiger partial charge in [0.25, 0.3) is 0 Å². The third-order valence-electron chi connectivity index (χ3n) is 5.59. The molecule has 2 aromatic carbocycles. The minimum Gasteiger partial charge on any atom is -0.367 e. The zero-order valence-corrected chi connectivity index (χ0v) is 18.0. The van der Waals surface area contributed by atoms with Crippen LogP contribution in [0.2, 0.25) is 0 Å². The van der Waals surface area contributed by atoms with Gasteiger partial charge >= 0.3 is 0 Å². The van der Waals surface area contributed by atoms with Crippen LogP contribution in [-0.4, -0.2) is 35.2 Å². The number of amides is 1. The number of benzene rings is 2.